The van der Waals surface area contributed by atoms with Gasteiger partial charge in [0.25, 0.3) is 11.9 Å². The van der Waals surface area contributed by atoms with Crippen LogP contribution in [0, 0.1) is 6.92 Å². The number of halogens is 3. The second-order valence-electron chi connectivity index (χ2n) is 8.23. The van der Waals surface area contributed by atoms with Crippen molar-refractivity contribution in [3.05, 3.63) is 59.5 Å². The fraction of sp³-hybridized carbons (Fsp3) is 0.360. The number of benzene rings is 1. The van der Waals surface area contributed by atoms with Gasteiger partial charge in [-0.3, -0.25) is 19.1 Å². The predicted octanol–water partition coefficient (Wildman–Crippen LogP) is 2.70. The van der Waals surface area contributed by atoms with E-state index in [0.29, 0.717) is 12.8 Å². The van der Waals surface area contributed by atoms with Gasteiger partial charge in [0.05, 0.1) is 6.54 Å². The minimum Gasteiger partial charge on any atom is -0.490 e. The van der Waals surface area contributed by atoms with Gasteiger partial charge in [0.2, 0.25) is 6.41 Å². The third-order valence-corrected chi connectivity index (χ3v) is 5.18. The van der Waals surface area contributed by atoms with Gasteiger partial charge < -0.3 is 29.5 Å². The van der Waals surface area contributed by atoms with Crippen LogP contribution in [0.1, 0.15) is 28.2 Å². The van der Waals surface area contributed by atoms with Crippen LogP contribution in [0.4, 0.5) is 19.0 Å². The van der Waals surface area contributed by atoms with Gasteiger partial charge in [0.15, 0.2) is 11.5 Å². The van der Waals surface area contributed by atoms with Crippen molar-refractivity contribution in [1.82, 2.24) is 19.9 Å². The number of anilines is 1. The Morgan fingerprint density at radius 1 is 1.18 bits per heavy atom. The first-order valence-electron chi connectivity index (χ1n) is 11.8. The number of carbonyl (C=O) groups excluding carboxylic acids is 2. The second-order valence-corrected chi connectivity index (χ2v) is 8.23. The number of pyridine rings is 1. The van der Waals surface area contributed by atoms with Crippen LogP contribution in [0.3, 0.4) is 0 Å². The van der Waals surface area contributed by atoms with E-state index in [1.165, 1.54) is 23.7 Å². The molecule has 2 heterocycles. The molecule has 0 saturated heterocycles. The van der Waals surface area contributed by atoms with Gasteiger partial charge >= 0.3 is 6.36 Å². The fourth-order valence-corrected chi connectivity index (χ4v) is 3.39. The molecule has 2 amide bonds. The normalized spacial score (nSPS) is 11.1. The molecule has 0 spiro atoms. The van der Waals surface area contributed by atoms with Crippen LogP contribution in [0.5, 0.6) is 17.5 Å². The van der Waals surface area contributed by atoms with Gasteiger partial charge in [-0.15, -0.1) is 13.2 Å². The molecule has 210 valence electrons. The van der Waals surface area contributed by atoms with Gasteiger partial charge in [0.1, 0.15) is 24.7 Å². The standard InChI is InChI=1S/C25H28F3N5O6/c1-17-7-8-18(14-30-17)15-33-21(23(36)29-9-4-10-34)22(32(2)16-35)31-24(33)38-12-11-37-19-5-3-6-20(13-19)39-25(26,27)28/h3,5-8,13-14,16,34H,4,9-12,15H2,1-2H3,(H,29,36). The molecule has 11 nitrogen and oxygen atoms in total. The highest BCUT2D eigenvalue weighted by Gasteiger charge is 2.31. The maximum absolute atomic E-state index is 13.1. The summed E-state index contributed by atoms with van der Waals surface area (Å²) < 4.78 is 54.1. The molecule has 2 N–H and O–H groups in total. The Kier molecular flexibility index (Phi) is 10.1. The van der Waals surface area contributed by atoms with E-state index in [4.69, 9.17) is 14.6 Å². The van der Waals surface area contributed by atoms with Crippen molar-refractivity contribution in [1.29, 1.82) is 0 Å². The van der Waals surface area contributed by atoms with Crippen molar-refractivity contribution in [2.45, 2.75) is 26.3 Å². The smallest absolute Gasteiger partial charge is 0.490 e. The van der Waals surface area contributed by atoms with E-state index in [1.807, 2.05) is 13.0 Å². The Balaban J connectivity index is 1.82. The van der Waals surface area contributed by atoms with E-state index in [9.17, 15) is 22.8 Å². The lowest BCUT2D eigenvalue weighted by Crippen LogP contribution is -2.30. The summed E-state index contributed by atoms with van der Waals surface area (Å²) in [6.07, 6.45) is -2.38. The van der Waals surface area contributed by atoms with Crippen molar-refractivity contribution in [3.63, 3.8) is 0 Å². The largest absolute Gasteiger partial charge is 0.573 e. The number of aromatic nitrogens is 3. The highest BCUT2D eigenvalue weighted by Crippen LogP contribution is 2.28. The van der Waals surface area contributed by atoms with Crippen molar-refractivity contribution >= 4 is 18.1 Å². The molecule has 0 unspecified atom stereocenters. The summed E-state index contributed by atoms with van der Waals surface area (Å²) in [5, 5.41) is 11.7. The van der Waals surface area contributed by atoms with Crippen LogP contribution in [-0.2, 0) is 11.3 Å². The molecule has 0 bridgehead atoms. The lowest BCUT2D eigenvalue weighted by atomic mass is 10.2. The van der Waals surface area contributed by atoms with Gasteiger partial charge in [-0.2, -0.15) is 4.98 Å². The minimum atomic E-state index is -4.83. The highest BCUT2D eigenvalue weighted by atomic mass is 19.4. The number of aliphatic hydroxyl groups excluding tert-OH is 1. The Bertz CT molecular complexity index is 1250. The Morgan fingerprint density at radius 2 is 1.92 bits per heavy atom. The summed E-state index contributed by atoms with van der Waals surface area (Å²) in [6, 6.07) is 8.67. The molecule has 0 aliphatic heterocycles. The summed E-state index contributed by atoms with van der Waals surface area (Å²) in [6.45, 7) is 1.86. The molecular formula is C25H28F3N5O6. The molecule has 39 heavy (non-hydrogen) atoms. The average molecular weight is 552 g/mol. The number of hydrogen-bond donors (Lipinski definition) is 2. The fourth-order valence-electron chi connectivity index (χ4n) is 3.39. The van der Waals surface area contributed by atoms with E-state index in [2.05, 4.69) is 20.0 Å². The first-order chi connectivity index (χ1) is 18.6. The number of aryl methyl sites for hydroxylation is 1. The second kappa shape index (κ2) is 13.5. The quantitative estimate of drug-likeness (QED) is 0.231. The zero-order valence-corrected chi connectivity index (χ0v) is 21.3. The molecular weight excluding hydrogens is 523 g/mol. The summed E-state index contributed by atoms with van der Waals surface area (Å²) in [4.78, 5) is 34.4. The third kappa shape index (κ3) is 8.60. The van der Waals surface area contributed by atoms with E-state index < -0.39 is 18.0 Å². The number of alkyl halides is 3. The van der Waals surface area contributed by atoms with E-state index in [-0.39, 0.29) is 56.2 Å². The van der Waals surface area contributed by atoms with E-state index in [1.54, 1.807) is 12.3 Å². The minimum absolute atomic E-state index is 0.00402. The molecule has 3 rings (SSSR count). The molecule has 14 heteroatoms. The van der Waals surface area contributed by atoms with Gasteiger partial charge in [0, 0.05) is 38.2 Å². The third-order valence-electron chi connectivity index (χ3n) is 5.18. The lowest BCUT2D eigenvalue weighted by Gasteiger charge is -2.15. The molecule has 1 aromatic carbocycles. The Labute approximate surface area is 222 Å². The molecule has 2 aromatic heterocycles. The summed E-state index contributed by atoms with van der Waals surface area (Å²) in [5.74, 6) is -0.798. The van der Waals surface area contributed by atoms with E-state index >= 15 is 0 Å². The van der Waals surface area contributed by atoms with Crippen molar-refractivity contribution in [2.24, 2.45) is 0 Å². The highest BCUT2D eigenvalue weighted by molar-refractivity contribution is 5.99. The lowest BCUT2D eigenvalue weighted by molar-refractivity contribution is -0.274. The molecule has 0 aliphatic carbocycles. The number of carbonyl (C=O) groups is 2. The van der Waals surface area contributed by atoms with Crippen molar-refractivity contribution in [2.75, 3.05) is 38.3 Å². The first kappa shape index (κ1) is 29.2. The SMILES string of the molecule is Cc1ccc(Cn2c(OCCOc3cccc(OC(F)(F)F)c3)nc(N(C)C=O)c2C(=O)NCCCO)cn1. The van der Waals surface area contributed by atoms with Crippen LogP contribution < -0.4 is 24.4 Å². The summed E-state index contributed by atoms with van der Waals surface area (Å²) in [5.41, 5.74) is 1.58. The molecule has 0 saturated carbocycles. The zero-order chi connectivity index (χ0) is 28.4. The first-order valence-corrected chi connectivity index (χ1v) is 11.8. The number of amides is 2. The van der Waals surface area contributed by atoms with Crippen LogP contribution in [-0.4, -0.2) is 71.7 Å². The number of hydrogen-bond acceptors (Lipinski definition) is 8. The predicted molar refractivity (Wildman–Crippen MR) is 133 cm³/mol. The van der Waals surface area contributed by atoms with Gasteiger partial charge in [-0.05, 0) is 37.1 Å². The van der Waals surface area contributed by atoms with Crippen LogP contribution >= 0.6 is 0 Å². The maximum atomic E-state index is 13.1. The van der Waals surface area contributed by atoms with Gasteiger partial charge in [-0.25, -0.2) is 0 Å². The summed E-state index contributed by atoms with van der Waals surface area (Å²) >= 11 is 0. The van der Waals surface area contributed by atoms with Gasteiger partial charge in [-0.1, -0.05) is 12.1 Å². The average Bonchev–Trinajstić information content (AvgIpc) is 3.24. The zero-order valence-electron chi connectivity index (χ0n) is 21.3. The van der Waals surface area contributed by atoms with Crippen molar-refractivity contribution in [3.8, 4) is 17.5 Å². The maximum Gasteiger partial charge on any atom is 0.573 e. The summed E-state index contributed by atoms with van der Waals surface area (Å²) in [7, 11) is 1.43. The number of ether oxygens (including phenoxy) is 3. The molecule has 0 fully saturated rings. The van der Waals surface area contributed by atoms with E-state index in [0.717, 1.165) is 28.3 Å². The molecule has 0 radical (unpaired) electrons. The number of nitrogens with one attached hydrogen (secondary N) is 1. The molecule has 3 aromatic rings. The van der Waals surface area contributed by atoms with Crippen LogP contribution in [0.25, 0.3) is 0 Å². The Morgan fingerprint density at radius 3 is 2.59 bits per heavy atom. The Hall–Kier alpha value is -4.33. The number of nitrogens with zero attached hydrogens (tertiary/aromatic N) is 4. The monoisotopic (exact) mass is 551 g/mol. The number of aliphatic hydroxyl groups is 1. The van der Waals surface area contributed by atoms with Crippen LogP contribution in [0.15, 0.2) is 42.6 Å². The number of imidazole rings is 1. The topological polar surface area (TPSA) is 128 Å². The molecule has 0 atom stereocenters. The number of rotatable bonds is 14. The van der Waals surface area contributed by atoms with Crippen molar-refractivity contribution < 1.29 is 42.1 Å². The molecule has 0 aliphatic rings. The van der Waals surface area contributed by atoms with Crippen LogP contribution in [0.2, 0.25) is 0 Å².